The monoisotopic (exact) mass is 508 g/mol. The predicted molar refractivity (Wildman–Crippen MR) is 104 cm³/mol. The third-order valence-corrected chi connectivity index (χ3v) is 4.19. The van der Waals surface area contributed by atoms with Crippen LogP contribution < -0.4 is 10.8 Å². The van der Waals surface area contributed by atoms with Gasteiger partial charge in [-0.05, 0) is 66.3 Å². The molecule has 28 heavy (non-hydrogen) atoms. The lowest BCUT2D eigenvalue weighted by Crippen LogP contribution is -2.28. The Bertz CT molecular complexity index is 909. The fraction of sp³-hybridized carbons (Fsp3) is 0.222. The molecule has 2 aromatic rings. The molecule has 0 radical (unpaired) electrons. The zero-order chi connectivity index (χ0) is 20.8. The molecule has 0 aliphatic heterocycles. The van der Waals surface area contributed by atoms with E-state index in [1.54, 1.807) is 32.0 Å². The minimum Gasteiger partial charge on any atom is -0.464 e. The van der Waals surface area contributed by atoms with Gasteiger partial charge in [0.1, 0.15) is 0 Å². The van der Waals surface area contributed by atoms with Crippen LogP contribution >= 0.6 is 22.6 Å². The van der Waals surface area contributed by atoms with Crippen molar-refractivity contribution in [1.82, 2.24) is 5.48 Å². The van der Waals surface area contributed by atoms with Crippen LogP contribution in [0.15, 0.2) is 24.3 Å². The molecule has 2 N–H and O–H groups in total. The summed E-state index contributed by atoms with van der Waals surface area (Å²) in [5.41, 5.74) is 1.85. The molecular weight excluding hydrogens is 492 g/mol. The fourth-order valence-electron chi connectivity index (χ4n) is 2.22. The highest BCUT2D eigenvalue weighted by atomic mass is 127. The SMILES string of the molecule is CCOC(=O)CONC(=O)c1cc(F)c(F)c(F)c1Nc1ccc(I)cc1C. The summed E-state index contributed by atoms with van der Waals surface area (Å²) in [5, 5.41) is 2.61. The molecule has 0 unspecified atom stereocenters. The molecule has 0 atom stereocenters. The zero-order valence-corrected chi connectivity index (χ0v) is 17.0. The summed E-state index contributed by atoms with van der Waals surface area (Å²) in [5.74, 6) is -6.65. The Morgan fingerprint density at radius 3 is 2.50 bits per heavy atom. The standard InChI is InChI=1S/C18H16F3IN2O4/c1-3-27-14(25)8-28-24-18(26)11-7-12(19)15(20)16(21)17(11)23-13-5-4-10(22)6-9(13)2/h4-7,23H,3,8H2,1-2H3,(H,24,26). The molecule has 150 valence electrons. The van der Waals surface area contributed by atoms with E-state index in [-0.39, 0.29) is 6.61 Å². The third-order valence-electron chi connectivity index (χ3n) is 3.52. The molecule has 2 rings (SSSR count). The van der Waals surface area contributed by atoms with Gasteiger partial charge in [-0.3, -0.25) is 9.63 Å². The molecule has 1 amide bonds. The maximum Gasteiger partial charge on any atom is 0.334 e. The summed E-state index contributed by atoms with van der Waals surface area (Å²) >= 11 is 2.08. The first-order valence-electron chi connectivity index (χ1n) is 8.03. The Morgan fingerprint density at radius 2 is 1.86 bits per heavy atom. The number of esters is 1. The van der Waals surface area contributed by atoms with E-state index < -0.39 is 47.2 Å². The van der Waals surface area contributed by atoms with E-state index in [9.17, 15) is 22.8 Å². The highest BCUT2D eigenvalue weighted by Gasteiger charge is 2.24. The second kappa shape index (κ2) is 9.73. The molecule has 0 heterocycles. The van der Waals surface area contributed by atoms with E-state index in [0.717, 1.165) is 3.57 Å². The van der Waals surface area contributed by atoms with Crippen molar-refractivity contribution in [1.29, 1.82) is 0 Å². The van der Waals surface area contributed by atoms with Gasteiger partial charge in [0.05, 0.1) is 17.9 Å². The summed E-state index contributed by atoms with van der Waals surface area (Å²) in [6.45, 7) is 2.83. The molecule has 6 nitrogen and oxygen atoms in total. The van der Waals surface area contributed by atoms with Gasteiger partial charge in [0, 0.05) is 9.26 Å². The highest BCUT2D eigenvalue weighted by Crippen LogP contribution is 2.30. The topological polar surface area (TPSA) is 76.7 Å². The van der Waals surface area contributed by atoms with E-state index >= 15 is 0 Å². The second-order valence-corrected chi connectivity index (χ2v) is 6.76. The molecule has 0 saturated carbocycles. The van der Waals surface area contributed by atoms with Crippen LogP contribution in [0.25, 0.3) is 0 Å². The number of benzene rings is 2. The summed E-state index contributed by atoms with van der Waals surface area (Å²) in [7, 11) is 0. The lowest BCUT2D eigenvalue weighted by atomic mass is 10.1. The average Bonchev–Trinajstić information content (AvgIpc) is 2.63. The predicted octanol–water partition coefficient (Wildman–Crippen LogP) is 3.99. The number of rotatable bonds is 7. The van der Waals surface area contributed by atoms with Gasteiger partial charge in [-0.15, -0.1) is 0 Å². The van der Waals surface area contributed by atoms with Crippen LogP contribution in [-0.4, -0.2) is 25.1 Å². The van der Waals surface area contributed by atoms with Crippen molar-refractivity contribution in [2.75, 3.05) is 18.5 Å². The summed E-state index contributed by atoms with van der Waals surface area (Å²) in [4.78, 5) is 28.1. The van der Waals surface area contributed by atoms with E-state index in [0.29, 0.717) is 17.3 Å². The largest absolute Gasteiger partial charge is 0.464 e. The highest BCUT2D eigenvalue weighted by molar-refractivity contribution is 14.1. The first-order chi connectivity index (χ1) is 13.2. The molecule has 0 fully saturated rings. The number of halogens is 4. The van der Waals surface area contributed by atoms with Crippen LogP contribution in [0.5, 0.6) is 0 Å². The van der Waals surface area contributed by atoms with Crippen molar-refractivity contribution >= 4 is 45.8 Å². The van der Waals surface area contributed by atoms with Gasteiger partial charge >= 0.3 is 5.97 Å². The Balaban J connectivity index is 2.30. The van der Waals surface area contributed by atoms with E-state index in [1.807, 2.05) is 5.48 Å². The van der Waals surface area contributed by atoms with Crippen LogP contribution in [0.1, 0.15) is 22.8 Å². The van der Waals surface area contributed by atoms with E-state index in [1.165, 1.54) is 0 Å². The lowest BCUT2D eigenvalue weighted by Gasteiger charge is -2.15. The van der Waals surface area contributed by atoms with Crippen LogP contribution in [-0.2, 0) is 14.4 Å². The Kier molecular flexibility index (Phi) is 7.63. The minimum atomic E-state index is -1.73. The number of hydroxylamine groups is 1. The number of nitrogens with one attached hydrogen (secondary N) is 2. The lowest BCUT2D eigenvalue weighted by molar-refractivity contribution is -0.150. The number of anilines is 2. The Labute approximate surface area is 172 Å². The van der Waals surface area contributed by atoms with Crippen molar-refractivity contribution in [2.24, 2.45) is 0 Å². The Morgan fingerprint density at radius 1 is 1.14 bits per heavy atom. The molecule has 2 aromatic carbocycles. The van der Waals surface area contributed by atoms with Crippen molar-refractivity contribution in [3.8, 4) is 0 Å². The van der Waals surface area contributed by atoms with Gasteiger partial charge in [-0.25, -0.2) is 23.4 Å². The number of ether oxygens (including phenoxy) is 1. The van der Waals surface area contributed by atoms with Crippen molar-refractivity contribution in [3.63, 3.8) is 0 Å². The maximum atomic E-state index is 14.4. The molecule has 0 spiro atoms. The first-order valence-corrected chi connectivity index (χ1v) is 9.10. The van der Waals surface area contributed by atoms with Gasteiger partial charge in [0.15, 0.2) is 24.1 Å². The van der Waals surface area contributed by atoms with Gasteiger partial charge in [0.25, 0.3) is 5.91 Å². The normalized spacial score (nSPS) is 10.5. The number of aryl methyl sites for hydroxylation is 1. The van der Waals surface area contributed by atoms with Gasteiger partial charge in [0.2, 0.25) is 0 Å². The Hall–Kier alpha value is -2.34. The number of amides is 1. The smallest absolute Gasteiger partial charge is 0.334 e. The number of hydrogen-bond donors (Lipinski definition) is 2. The maximum absolute atomic E-state index is 14.4. The molecule has 0 aromatic heterocycles. The van der Waals surface area contributed by atoms with Crippen molar-refractivity contribution in [2.45, 2.75) is 13.8 Å². The van der Waals surface area contributed by atoms with Gasteiger partial charge in [-0.1, -0.05) is 0 Å². The second-order valence-electron chi connectivity index (χ2n) is 5.52. The van der Waals surface area contributed by atoms with E-state index in [4.69, 9.17) is 0 Å². The van der Waals surface area contributed by atoms with Crippen LogP contribution in [0.4, 0.5) is 24.5 Å². The average molecular weight is 508 g/mol. The van der Waals surface area contributed by atoms with Gasteiger partial charge in [-0.2, -0.15) is 0 Å². The van der Waals surface area contributed by atoms with Crippen LogP contribution in [0.3, 0.4) is 0 Å². The number of carbonyl (C=O) groups excluding carboxylic acids is 2. The molecule has 0 saturated heterocycles. The summed E-state index contributed by atoms with van der Waals surface area (Å²) in [6.07, 6.45) is 0. The van der Waals surface area contributed by atoms with Crippen molar-refractivity contribution in [3.05, 3.63) is 56.4 Å². The van der Waals surface area contributed by atoms with Crippen molar-refractivity contribution < 1.29 is 32.3 Å². The zero-order valence-electron chi connectivity index (χ0n) is 14.9. The summed E-state index contributed by atoms with van der Waals surface area (Å²) in [6, 6.07) is 5.64. The molecule has 0 bridgehead atoms. The number of hydrogen-bond acceptors (Lipinski definition) is 5. The third kappa shape index (κ3) is 5.35. The summed E-state index contributed by atoms with van der Waals surface area (Å²) < 4.78 is 47.3. The first kappa shape index (κ1) is 22.0. The number of carbonyl (C=O) groups is 2. The fourth-order valence-corrected chi connectivity index (χ4v) is 2.86. The van der Waals surface area contributed by atoms with Crippen LogP contribution in [0, 0.1) is 27.9 Å². The van der Waals surface area contributed by atoms with E-state index in [2.05, 4.69) is 37.5 Å². The van der Waals surface area contributed by atoms with Gasteiger partial charge < -0.3 is 10.1 Å². The molecular formula is C18H16F3IN2O4. The molecule has 0 aliphatic carbocycles. The molecule has 0 aliphatic rings. The quantitative estimate of drug-likeness (QED) is 0.256. The minimum absolute atomic E-state index is 0.119. The van der Waals surface area contributed by atoms with Crippen LogP contribution in [0.2, 0.25) is 0 Å². The molecule has 10 heteroatoms.